The van der Waals surface area contributed by atoms with Crippen molar-refractivity contribution >= 4 is 16.7 Å². The summed E-state index contributed by atoms with van der Waals surface area (Å²) >= 11 is 0. The van der Waals surface area contributed by atoms with E-state index in [2.05, 4.69) is 16.0 Å². The van der Waals surface area contributed by atoms with E-state index in [1.807, 2.05) is 26.0 Å². The number of nitrogens with two attached hydrogens (primary N) is 1. The molecule has 0 spiro atoms. The molecule has 4 heteroatoms. The van der Waals surface area contributed by atoms with Crippen LogP contribution in [0.25, 0.3) is 22.3 Å². The fourth-order valence-corrected chi connectivity index (χ4v) is 2.36. The Bertz CT molecular complexity index is 792. The Hall–Kier alpha value is -2.49. The molecule has 1 aromatic heterocycles. The number of anilines is 1. The van der Waals surface area contributed by atoms with Crippen molar-refractivity contribution in [2.45, 2.75) is 13.8 Å². The van der Waals surface area contributed by atoms with Crippen LogP contribution >= 0.6 is 0 Å². The Kier molecular flexibility index (Phi) is 2.86. The standard InChI is InChI=1S/C16H14FN3/c1-9-5-10(2)7-11(6-9)16-19-14-4-3-12(17)8-13(14)15(18)20-16/h3-8H,1-2H3,(H2,18,19,20). The van der Waals surface area contributed by atoms with E-state index in [4.69, 9.17) is 5.73 Å². The lowest BCUT2D eigenvalue weighted by Gasteiger charge is -2.07. The first-order chi connectivity index (χ1) is 9.52. The first kappa shape index (κ1) is 12.5. The summed E-state index contributed by atoms with van der Waals surface area (Å²) in [5.74, 6) is 0.518. The molecule has 0 aliphatic carbocycles. The third-order valence-electron chi connectivity index (χ3n) is 3.17. The van der Waals surface area contributed by atoms with Crippen LogP contribution in [-0.2, 0) is 0 Å². The highest BCUT2D eigenvalue weighted by molar-refractivity contribution is 5.89. The lowest BCUT2D eigenvalue weighted by molar-refractivity contribution is 0.629. The number of nitrogens with zero attached hydrogens (tertiary/aromatic N) is 2. The van der Waals surface area contributed by atoms with E-state index in [-0.39, 0.29) is 5.82 Å². The molecule has 1 heterocycles. The minimum Gasteiger partial charge on any atom is -0.383 e. The van der Waals surface area contributed by atoms with Crippen molar-refractivity contribution in [1.82, 2.24) is 9.97 Å². The molecule has 100 valence electrons. The zero-order chi connectivity index (χ0) is 14.3. The number of nitrogen functional groups attached to an aromatic ring is 1. The second kappa shape index (κ2) is 4.56. The van der Waals surface area contributed by atoms with Crippen LogP contribution in [0.5, 0.6) is 0 Å². The molecule has 0 aliphatic rings. The van der Waals surface area contributed by atoms with Gasteiger partial charge in [-0.2, -0.15) is 0 Å². The van der Waals surface area contributed by atoms with Crippen molar-refractivity contribution in [3.05, 3.63) is 53.3 Å². The van der Waals surface area contributed by atoms with Crippen molar-refractivity contribution < 1.29 is 4.39 Å². The molecule has 0 unspecified atom stereocenters. The van der Waals surface area contributed by atoms with Crippen LogP contribution in [0.4, 0.5) is 10.2 Å². The summed E-state index contributed by atoms with van der Waals surface area (Å²) in [6.07, 6.45) is 0. The first-order valence-electron chi connectivity index (χ1n) is 6.34. The van der Waals surface area contributed by atoms with Crippen molar-refractivity contribution in [3.63, 3.8) is 0 Å². The van der Waals surface area contributed by atoms with Gasteiger partial charge in [-0.1, -0.05) is 17.2 Å². The predicted molar refractivity (Wildman–Crippen MR) is 78.8 cm³/mol. The third kappa shape index (κ3) is 2.20. The van der Waals surface area contributed by atoms with Crippen LogP contribution in [0.15, 0.2) is 36.4 Å². The highest BCUT2D eigenvalue weighted by Gasteiger charge is 2.09. The summed E-state index contributed by atoms with van der Waals surface area (Å²) in [5.41, 5.74) is 9.77. The fraction of sp³-hybridized carbons (Fsp3) is 0.125. The number of rotatable bonds is 1. The van der Waals surface area contributed by atoms with Gasteiger partial charge in [-0.05, 0) is 44.2 Å². The number of aryl methyl sites for hydroxylation is 2. The van der Waals surface area contributed by atoms with Gasteiger partial charge in [0.05, 0.1) is 5.52 Å². The van der Waals surface area contributed by atoms with Crippen LogP contribution in [0, 0.1) is 19.7 Å². The van der Waals surface area contributed by atoms with E-state index in [9.17, 15) is 4.39 Å². The Labute approximate surface area is 116 Å². The second-order valence-corrected chi connectivity index (χ2v) is 4.97. The minimum atomic E-state index is -0.341. The number of benzene rings is 2. The van der Waals surface area contributed by atoms with Crippen molar-refractivity contribution in [3.8, 4) is 11.4 Å². The quantitative estimate of drug-likeness (QED) is 0.732. The van der Waals surface area contributed by atoms with Gasteiger partial charge in [0.2, 0.25) is 0 Å². The van der Waals surface area contributed by atoms with E-state index in [1.54, 1.807) is 6.07 Å². The maximum absolute atomic E-state index is 13.2. The smallest absolute Gasteiger partial charge is 0.162 e. The zero-order valence-corrected chi connectivity index (χ0v) is 11.3. The Morgan fingerprint density at radius 2 is 1.65 bits per heavy atom. The summed E-state index contributed by atoms with van der Waals surface area (Å²) in [4.78, 5) is 8.77. The summed E-state index contributed by atoms with van der Waals surface area (Å²) in [6.45, 7) is 4.05. The molecule has 0 saturated carbocycles. The SMILES string of the molecule is Cc1cc(C)cc(-c2nc(N)c3cc(F)ccc3n2)c1. The molecule has 0 aliphatic heterocycles. The van der Waals surface area contributed by atoms with Crippen molar-refractivity contribution in [2.75, 3.05) is 5.73 Å². The molecule has 0 radical (unpaired) electrons. The Morgan fingerprint density at radius 1 is 0.950 bits per heavy atom. The summed E-state index contributed by atoms with van der Waals surface area (Å²) in [5, 5.41) is 0.540. The summed E-state index contributed by atoms with van der Waals surface area (Å²) in [6, 6.07) is 10.5. The molecule has 0 atom stereocenters. The highest BCUT2D eigenvalue weighted by Crippen LogP contribution is 2.25. The van der Waals surface area contributed by atoms with E-state index in [1.165, 1.54) is 12.1 Å². The molecule has 3 rings (SSSR count). The molecule has 0 bridgehead atoms. The largest absolute Gasteiger partial charge is 0.383 e. The van der Waals surface area contributed by atoms with Gasteiger partial charge >= 0.3 is 0 Å². The van der Waals surface area contributed by atoms with Gasteiger partial charge in [0.15, 0.2) is 5.82 Å². The Balaban J connectivity index is 2.24. The average molecular weight is 267 g/mol. The van der Waals surface area contributed by atoms with E-state index in [0.717, 1.165) is 16.7 Å². The van der Waals surface area contributed by atoms with E-state index >= 15 is 0 Å². The molecule has 2 N–H and O–H groups in total. The molecule has 3 nitrogen and oxygen atoms in total. The van der Waals surface area contributed by atoms with Crippen LogP contribution in [0.2, 0.25) is 0 Å². The molecule has 0 saturated heterocycles. The zero-order valence-electron chi connectivity index (χ0n) is 11.3. The van der Waals surface area contributed by atoms with Crippen LogP contribution in [0.3, 0.4) is 0 Å². The van der Waals surface area contributed by atoms with Crippen molar-refractivity contribution in [2.24, 2.45) is 0 Å². The number of halogens is 1. The number of aromatic nitrogens is 2. The molecule has 2 aromatic carbocycles. The Morgan fingerprint density at radius 3 is 2.35 bits per heavy atom. The number of hydrogen-bond donors (Lipinski definition) is 1. The van der Waals surface area contributed by atoms with E-state index < -0.39 is 0 Å². The van der Waals surface area contributed by atoms with Gasteiger partial charge in [0.1, 0.15) is 11.6 Å². The molecular weight excluding hydrogens is 253 g/mol. The molecule has 20 heavy (non-hydrogen) atoms. The van der Waals surface area contributed by atoms with Gasteiger partial charge in [0.25, 0.3) is 0 Å². The second-order valence-electron chi connectivity index (χ2n) is 4.97. The highest BCUT2D eigenvalue weighted by atomic mass is 19.1. The monoisotopic (exact) mass is 267 g/mol. The third-order valence-corrected chi connectivity index (χ3v) is 3.17. The van der Waals surface area contributed by atoms with Gasteiger partial charge in [-0.25, -0.2) is 14.4 Å². The van der Waals surface area contributed by atoms with Gasteiger partial charge in [-0.3, -0.25) is 0 Å². The lowest BCUT2D eigenvalue weighted by atomic mass is 10.1. The van der Waals surface area contributed by atoms with Gasteiger partial charge in [-0.15, -0.1) is 0 Å². The number of fused-ring (bicyclic) bond motifs is 1. The number of hydrogen-bond acceptors (Lipinski definition) is 3. The van der Waals surface area contributed by atoms with Crippen LogP contribution in [-0.4, -0.2) is 9.97 Å². The molecular formula is C16H14FN3. The normalized spacial score (nSPS) is 10.9. The predicted octanol–water partition coefficient (Wildman–Crippen LogP) is 3.63. The van der Waals surface area contributed by atoms with Crippen LogP contribution in [0.1, 0.15) is 11.1 Å². The summed E-state index contributed by atoms with van der Waals surface area (Å²) < 4.78 is 13.2. The molecule has 0 amide bonds. The van der Waals surface area contributed by atoms with E-state index in [0.29, 0.717) is 22.5 Å². The van der Waals surface area contributed by atoms with Crippen molar-refractivity contribution in [1.29, 1.82) is 0 Å². The first-order valence-corrected chi connectivity index (χ1v) is 6.34. The lowest BCUT2D eigenvalue weighted by Crippen LogP contribution is -1.98. The summed E-state index contributed by atoms with van der Waals surface area (Å²) in [7, 11) is 0. The fourth-order valence-electron chi connectivity index (χ4n) is 2.36. The topological polar surface area (TPSA) is 51.8 Å². The average Bonchev–Trinajstić information content (AvgIpc) is 2.38. The molecule has 3 aromatic rings. The molecule has 0 fully saturated rings. The van der Waals surface area contributed by atoms with Gasteiger partial charge < -0.3 is 5.73 Å². The van der Waals surface area contributed by atoms with Crippen LogP contribution < -0.4 is 5.73 Å². The van der Waals surface area contributed by atoms with Gasteiger partial charge in [0, 0.05) is 10.9 Å². The maximum atomic E-state index is 13.2. The minimum absolute atomic E-state index is 0.295. The maximum Gasteiger partial charge on any atom is 0.162 e.